The SMILES string of the molecule is CC(C)[C@@](C)(C#N)NC(=O)CN1CCN(S(=O)(=O)c2cccs2)CC1. The Bertz CT molecular complexity index is 732. The van der Waals surface area contributed by atoms with Gasteiger partial charge in [-0.3, -0.25) is 9.69 Å². The third-order valence-corrected chi connectivity index (χ3v) is 7.85. The summed E-state index contributed by atoms with van der Waals surface area (Å²) in [6.45, 7) is 7.33. The van der Waals surface area contributed by atoms with E-state index in [9.17, 15) is 18.5 Å². The van der Waals surface area contributed by atoms with Crippen molar-refractivity contribution < 1.29 is 13.2 Å². The molecule has 0 aliphatic carbocycles. The maximum Gasteiger partial charge on any atom is 0.252 e. The van der Waals surface area contributed by atoms with Crippen molar-refractivity contribution in [1.29, 1.82) is 5.26 Å². The topological polar surface area (TPSA) is 93.5 Å². The monoisotopic (exact) mass is 384 g/mol. The fourth-order valence-corrected chi connectivity index (χ4v) is 5.07. The molecule has 1 fully saturated rings. The van der Waals surface area contributed by atoms with Crippen molar-refractivity contribution in [2.45, 2.75) is 30.5 Å². The van der Waals surface area contributed by atoms with Crippen LogP contribution in [0.4, 0.5) is 0 Å². The summed E-state index contributed by atoms with van der Waals surface area (Å²) < 4.78 is 26.8. The molecule has 1 amide bonds. The molecule has 1 atom stereocenters. The van der Waals surface area contributed by atoms with E-state index in [2.05, 4.69) is 11.4 Å². The Hall–Kier alpha value is -1.47. The maximum atomic E-state index is 12.5. The predicted molar refractivity (Wildman–Crippen MR) is 96.5 cm³/mol. The minimum absolute atomic E-state index is 0.00534. The van der Waals surface area contributed by atoms with Crippen LogP contribution in [0.2, 0.25) is 0 Å². The number of hydrogen-bond donors (Lipinski definition) is 1. The number of carbonyl (C=O) groups excluding carboxylic acids is 1. The zero-order valence-electron chi connectivity index (χ0n) is 14.7. The summed E-state index contributed by atoms with van der Waals surface area (Å²) in [6.07, 6.45) is 0. The molecular formula is C16H24N4O3S2. The van der Waals surface area contributed by atoms with Crippen LogP contribution in [0.1, 0.15) is 20.8 Å². The van der Waals surface area contributed by atoms with Crippen molar-refractivity contribution in [1.82, 2.24) is 14.5 Å². The van der Waals surface area contributed by atoms with Gasteiger partial charge in [0.1, 0.15) is 9.75 Å². The van der Waals surface area contributed by atoms with Gasteiger partial charge in [-0.15, -0.1) is 11.3 Å². The van der Waals surface area contributed by atoms with Crippen molar-refractivity contribution in [2.24, 2.45) is 5.92 Å². The molecule has 0 aromatic carbocycles. The van der Waals surface area contributed by atoms with Crippen LogP contribution in [0.25, 0.3) is 0 Å². The normalized spacial score (nSPS) is 19.3. The summed E-state index contributed by atoms with van der Waals surface area (Å²) in [4.78, 5) is 14.1. The molecule has 138 valence electrons. The molecule has 7 nitrogen and oxygen atoms in total. The van der Waals surface area contributed by atoms with Crippen molar-refractivity contribution in [3.8, 4) is 6.07 Å². The van der Waals surface area contributed by atoms with Gasteiger partial charge in [0, 0.05) is 26.2 Å². The Morgan fingerprint density at radius 3 is 2.52 bits per heavy atom. The molecule has 25 heavy (non-hydrogen) atoms. The zero-order valence-corrected chi connectivity index (χ0v) is 16.4. The van der Waals surface area contributed by atoms with Crippen LogP contribution in [0.5, 0.6) is 0 Å². The molecular weight excluding hydrogens is 360 g/mol. The van der Waals surface area contributed by atoms with E-state index in [0.717, 1.165) is 0 Å². The van der Waals surface area contributed by atoms with Gasteiger partial charge in [0.2, 0.25) is 5.91 Å². The first-order valence-corrected chi connectivity index (χ1v) is 10.5. The predicted octanol–water partition coefficient (Wildman–Crippen LogP) is 1.11. The molecule has 1 aliphatic rings. The van der Waals surface area contributed by atoms with Crippen LogP contribution in [-0.4, -0.2) is 61.8 Å². The van der Waals surface area contributed by atoms with Crippen molar-refractivity contribution in [2.75, 3.05) is 32.7 Å². The summed E-state index contributed by atoms with van der Waals surface area (Å²) in [6, 6.07) is 5.48. The maximum absolute atomic E-state index is 12.5. The Morgan fingerprint density at radius 2 is 2.04 bits per heavy atom. The molecule has 1 saturated heterocycles. The van der Waals surface area contributed by atoms with Gasteiger partial charge in [-0.1, -0.05) is 19.9 Å². The van der Waals surface area contributed by atoms with E-state index in [0.29, 0.717) is 30.4 Å². The lowest BCUT2D eigenvalue weighted by molar-refractivity contribution is -0.124. The van der Waals surface area contributed by atoms with E-state index in [1.807, 2.05) is 18.7 Å². The molecule has 0 saturated carbocycles. The molecule has 1 aliphatic heterocycles. The van der Waals surface area contributed by atoms with E-state index < -0.39 is 15.6 Å². The standard InChI is InChI=1S/C16H24N4O3S2/c1-13(2)16(3,12-17)18-14(21)11-19-6-8-20(9-7-19)25(22,23)15-5-4-10-24-15/h4-5,10,13H,6-9,11H2,1-3H3,(H,18,21)/t16-/m1/s1. The molecule has 0 bridgehead atoms. The third-order valence-electron chi connectivity index (χ3n) is 4.57. The van der Waals surface area contributed by atoms with Crippen LogP contribution in [0, 0.1) is 17.2 Å². The number of carbonyl (C=O) groups is 1. The van der Waals surface area contributed by atoms with Gasteiger partial charge in [-0.25, -0.2) is 8.42 Å². The van der Waals surface area contributed by atoms with Gasteiger partial charge in [0.05, 0.1) is 12.6 Å². The quantitative estimate of drug-likeness (QED) is 0.793. The zero-order chi connectivity index (χ0) is 18.7. The lowest BCUT2D eigenvalue weighted by Crippen LogP contribution is -2.55. The molecule has 2 rings (SSSR count). The first-order chi connectivity index (χ1) is 11.7. The number of hydrogen-bond acceptors (Lipinski definition) is 6. The van der Waals surface area contributed by atoms with Crippen LogP contribution in [-0.2, 0) is 14.8 Å². The number of piperazine rings is 1. The van der Waals surface area contributed by atoms with Crippen LogP contribution < -0.4 is 5.32 Å². The second kappa shape index (κ2) is 7.83. The highest BCUT2D eigenvalue weighted by Gasteiger charge is 2.32. The van der Waals surface area contributed by atoms with Gasteiger partial charge in [-0.05, 0) is 24.3 Å². The number of nitrogens with zero attached hydrogens (tertiary/aromatic N) is 3. The number of amides is 1. The number of nitrogens with one attached hydrogen (secondary N) is 1. The Kier molecular flexibility index (Phi) is 6.21. The summed E-state index contributed by atoms with van der Waals surface area (Å²) in [5, 5.41) is 13.8. The average molecular weight is 385 g/mol. The number of rotatable bonds is 6. The smallest absolute Gasteiger partial charge is 0.252 e. The first-order valence-electron chi connectivity index (χ1n) is 8.17. The fraction of sp³-hybridized carbons (Fsp3) is 0.625. The van der Waals surface area contributed by atoms with E-state index in [4.69, 9.17) is 0 Å². The Morgan fingerprint density at radius 1 is 1.40 bits per heavy atom. The Labute approximate surface area is 153 Å². The minimum Gasteiger partial charge on any atom is -0.337 e. The second-order valence-electron chi connectivity index (χ2n) is 6.63. The lowest BCUT2D eigenvalue weighted by Gasteiger charge is -2.34. The van der Waals surface area contributed by atoms with Crippen molar-refractivity contribution in [3.05, 3.63) is 17.5 Å². The molecule has 0 radical (unpaired) electrons. The van der Waals surface area contributed by atoms with Crippen LogP contribution >= 0.6 is 11.3 Å². The van der Waals surface area contributed by atoms with E-state index in [-0.39, 0.29) is 18.4 Å². The largest absolute Gasteiger partial charge is 0.337 e. The van der Waals surface area contributed by atoms with Crippen LogP contribution in [0.3, 0.4) is 0 Å². The molecule has 1 aromatic rings. The van der Waals surface area contributed by atoms with Gasteiger partial charge in [0.15, 0.2) is 0 Å². The van der Waals surface area contributed by atoms with Gasteiger partial charge in [-0.2, -0.15) is 9.57 Å². The average Bonchev–Trinajstić information content (AvgIpc) is 3.10. The van der Waals surface area contributed by atoms with Crippen LogP contribution in [0.15, 0.2) is 21.7 Å². The fourth-order valence-electron chi connectivity index (χ4n) is 2.50. The molecule has 2 heterocycles. The highest BCUT2D eigenvalue weighted by Crippen LogP contribution is 2.22. The number of thiophene rings is 1. The molecule has 0 spiro atoms. The Balaban J connectivity index is 1.89. The van der Waals surface area contributed by atoms with Crippen molar-refractivity contribution in [3.63, 3.8) is 0 Å². The van der Waals surface area contributed by atoms with E-state index >= 15 is 0 Å². The van der Waals surface area contributed by atoms with Crippen molar-refractivity contribution >= 4 is 27.3 Å². The molecule has 1 aromatic heterocycles. The van der Waals surface area contributed by atoms with E-state index in [1.54, 1.807) is 24.4 Å². The minimum atomic E-state index is -3.43. The second-order valence-corrected chi connectivity index (χ2v) is 9.74. The van der Waals surface area contributed by atoms with Gasteiger partial charge >= 0.3 is 0 Å². The highest BCUT2D eigenvalue weighted by molar-refractivity contribution is 7.91. The lowest BCUT2D eigenvalue weighted by atomic mass is 9.90. The van der Waals surface area contributed by atoms with Gasteiger partial charge < -0.3 is 5.32 Å². The molecule has 0 unspecified atom stereocenters. The third kappa shape index (κ3) is 4.58. The first kappa shape index (κ1) is 19.8. The van der Waals surface area contributed by atoms with E-state index in [1.165, 1.54) is 15.6 Å². The summed E-state index contributed by atoms with van der Waals surface area (Å²) in [5.41, 5.74) is -0.901. The summed E-state index contributed by atoms with van der Waals surface area (Å²) >= 11 is 1.21. The molecule has 9 heteroatoms. The van der Waals surface area contributed by atoms with Gasteiger partial charge in [0.25, 0.3) is 10.0 Å². The molecule has 1 N–H and O–H groups in total. The highest BCUT2D eigenvalue weighted by atomic mass is 32.2. The summed E-state index contributed by atoms with van der Waals surface area (Å²) in [5.74, 6) is -0.221. The summed E-state index contributed by atoms with van der Waals surface area (Å²) in [7, 11) is -3.43. The number of nitriles is 1. The number of sulfonamides is 1.